The van der Waals surface area contributed by atoms with Crippen molar-refractivity contribution in [1.29, 1.82) is 10.5 Å². The Morgan fingerprint density at radius 3 is 2.36 bits per heavy atom. The minimum Gasteiger partial charge on any atom is -0.496 e. The summed E-state index contributed by atoms with van der Waals surface area (Å²) >= 11 is 0. The molecule has 0 spiro atoms. The second-order valence-electron chi connectivity index (χ2n) is 4.45. The molecule has 2 rings (SSSR count). The van der Waals surface area contributed by atoms with Crippen LogP contribution >= 0.6 is 0 Å². The van der Waals surface area contributed by atoms with Crippen LogP contribution in [0.4, 0.5) is 0 Å². The first-order chi connectivity index (χ1) is 10.8. The lowest BCUT2D eigenvalue weighted by Crippen LogP contribution is -1.98. The molecule has 22 heavy (non-hydrogen) atoms. The lowest BCUT2D eigenvalue weighted by atomic mass is 10.1. The Morgan fingerprint density at radius 1 is 1.05 bits per heavy atom. The molecular formula is C18H14N2O2. The van der Waals surface area contributed by atoms with Gasteiger partial charge in [-0.05, 0) is 29.8 Å². The molecule has 0 aliphatic heterocycles. The first-order valence-electron chi connectivity index (χ1n) is 6.63. The molecule has 2 aromatic carbocycles. The number of benzene rings is 2. The molecule has 0 atom stereocenters. The number of para-hydroxylation sites is 1. The number of rotatable bonds is 5. The Morgan fingerprint density at radius 2 is 1.73 bits per heavy atom. The van der Waals surface area contributed by atoms with E-state index >= 15 is 0 Å². The average Bonchev–Trinajstić information content (AvgIpc) is 2.59. The molecule has 0 bridgehead atoms. The quantitative estimate of drug-likeness (QED) is 0.787. The summed E-state index contributed by atoms with van der Waals surface area (Å²) in [6.07, 6.45) is 1.53. The molecule has 0 radical (unpaired) electrons. The van der Waals surface area contributed by atoms with Crippen LogP contribution in [-0.4, -0.2) is 7.11 Å². The second kappa shape index (κ2) is 7.52. The molecule has 2 aromatic rings. The Kier molecular flexibility index (Phi) is 5.18. The minimum atomic E-state index is 0.0719. The van der Waals surface area contributed by atoms with E-state index in [1.54, 1.807) is 31.4 Å². The maximum atomic E-state index is 8.72. The molecule has 0 N–H and O–H groups in total. The van der Waals surface area contributed by atoms with Crippen molar-refractivity contribution in [3.63, 3.8) is 0 Å². The van der Waals surface area contributed by atoms with Gasteiger partial charge >= 0.3 is 0 Å². The zero-order valence-electron chi connectivity index (χ0n) is 12.1. The van der Waals surface area contributed by atoms with E-state index in [4.69, 9.17) is 20.0 Å². The van der Waals surface area contributed by atoms with Crippen LogP contribution in [0.25, 0.3) is 6.08 Å². The topological polar surface area (TPSA) is 66.0 Å². The van der Waals surface area contributed by atoms with Crippen LogP contribution < -0.4 is 9.47 Å². The van der Waals surface area contributed by atoms with Gasteiger partial charge in [-0.25, -0.2) is 0 Å². The molecule has 0 aliphatic rings. The van der Waals surface area contributed by atoms with Gasteiger partial charge in [-0.1, -0.05) is 30.3 Å². The van der Waals surface area contributed by atoms with Gasteiger partial charge in [-0.2, -0.15) is 10.5 Å². The largest absolute Gasteiger partial charge is 0.496 e. The summed E-state index contributed by atoms with van der Waals surface area (Å²) in [6.45, 7) is 0.404. The van der Waals surface area contributed by atoms with Crippen molar-refractivity contribution in [3.8, 4) is 23.6 Å². The van der Waals surface area contributed by atoms with Crippen LogP contribution in [0.2, 0.25) is 0 Å². The van der Waals surface area contributed by atoms with Crippen LogP contribution in [0, 0.1) is 22.7 Å². The molecule has 0 heterocycles. The number of ether oxygens (including phenoxy) is 2. The van der Waals surface area contributed by atoms with Gasteiger partial charge in [0.15, 0.2) is 0 Å². The number of hydrogen-bond donors (Lipinski definition) is 0. The number of nitrogens with zero attached hydrogens (tertiary/aromatic N) is 2. The van der Waals surface area contributed by atoms with Crippen molar-refractivity contribution in [3.05, 3.63) is 65.2 Å². The van der Waals surface area contributed by atoms with Crippen molar-refractivity contribution < 1.29 is 9.47 Å². The zero-order valence-corrected chi connectivity index (χ0v) is 12.1. The van der Waals surface area contributed by atoms with Crippen molar-refractivity contribution >= 4 is 6.08 Å². The van der Waals surface area contributed by atoms with Gasteiger partial charge < -0.3 is 9.47 Å². The van der Waals surface area contributed by atoms with E-state index in [9.17, 15) is 0 Å². The van der Waals surface area contributed by atoms with E-state index < -0.39 is 0 Å². The third kappa shape index (κ3) is 3.88. The predicted octanol–water partition coefficient (Wildman–Crippen LogP) is 3.70. The summed E-state index contributed by atoms with van der Waals surface area (Å²) in [7, 11) is 1.63. The fourth-order valence-electron chi connectivity index (χ4n) is 1.90. The van der Waals surface area contributed by atoms with Gasteiger partial charge in [0.05, 0.1) is 7.11 Å². The highest BCUT2D eigenvalue weighted by molar-refractivity contribution is 5.62. The first-order valence-corrected chi connectivity index (χ1v) is 6.63. The van der Waals surface area contributed by atoms with E-state index in [0.717, 1.165) is 16.9 Å². The monoisotopic (exact) mass is 290 g/mol. The molecular weight excluding hydrogens is 276 g/mol. The molecule has 0 saturated carbocycles. The SMILES string of the molecule is COc1ccccc1COc1ccc(C=C(C#N)C#N)cc1. The highest BCUT2D eigenvalue weighted by Crippen LogP contribution is 2.21. The van der Waals surface area contributed by atoms with Crippen LogP contribution in [-0.2, 0) is 6.61 Å². The molecule has 0 fully saturated rings. The van der Waals surface area contributed by atoms with Crippen LogP contribution in [0.15, 0.2) is 54.1 Å². The molecule has 0 amide bonds. The van der Waals surface area contributed by atoms with Gasteiger partial charge in [0.25, 0.3) is 0 Å². The number of nitriles is 2. The maximum absolute atomic E-state index is 8.72. The number of allylic oxidation sites excluding steroid dienone is 1. The lowest BCUT2D eigenvalue weighted by Gasteiger charge is -2.10. The molecule has 0 aliphatic carbocycles. The maximum Gasteiger partial charge on any atom is 0.130 e. The van der Waals surface area contributed by atoms with Crippen molar-refractivity contribution in [2.24, 2.45) is 0 Å². The van der Waals surface area contributed by atoms with E-state index in [2.05, 4.69) is 0 Å². The van der Waals surface area contributed by atoms with Gasteiger partial charge in [-0.3, -0.25) is 0 Å². The van der Waals surface area contributed by atoms with Crippen LogP contribution in [0.5, 0.6) is 11.5 Å². The fourth-order valence-corrected chi connectivity index (χ4v) is 1.90. The van der Waals surface area contributed by atoms with E-state index in [1.807, 2.05) is 36.4 Å². The predicted molar refractivity (Wildman–Crippen MR) is 83.0 cm³/mol. The number of hydrogen-bond acceptors (Lipinski definition) is 4. The summed E-state index contributed by atoms with van der Waals surface area (Å²) in [4.78, 5) is 0. The first kappa shape index (κ1) is 15.2. The van der Waals surface area contributed by atoms with Gasteiger partial charge in [0, 0.05) is 5.56 Å². The summed E-state index contributed by atoms with van der Waals surface area (Å²) in [5.41, 5.74) is 1.82. The van der Waals surface area contributed by atoms with Crippen molar-refractivity contribution in [2.45, 2.75) is 6.61 Å². The Hall–Kier alpha value is -3.24. The van der Waals surface area contributed by atoms with Crippen LogP contribution in [0.1, 0.15) is 11.1 Å². The van der Waals surface area contributed by atoms with Gasteiger partial charge in [0.1, 0.15) is 35.8 Å². The molecule has 4 heteroatoms. The van der Waals surface area contributed by atoms with E-state index in [-0.39, 0.29) is 5.57 Å². The average molecular weight is 290 g/mol. The molecule has 0 saturated heterocycles. The van der Waals surface area contributed by atoms with Gasteiger partial charge in [0.2, 0.25) is 0 Å². The Balaban J connectivity index is 2.05. The summed E-state index contributed by atoms with van der Waals surface area (Å²) in [5.74, 6) is 1.49. The Labute approximate surface area is 129 Å². The zero-order chi connectivity index (χ0) is 15.8. The Bertz CT molecular complexity index is 734. The third-order valence-electron chi connectivity index (χ3n) is 3.02. The highest BCUT2D eigenvalue weighted by atomic mass is 16.5. The van der Waals surface area contributed by atoms with Gasteiger partial charge in [-0.15, -0.1) is 0 Å². The lowest BCUT2D eigenvalue weighted by molar-refractivity contribution is 0.296. The summed E-state index contributed by atoms with van der Waals surface area (Å²) < 4.78 is 11.0. The smallest absolute Gasteiger partial charge is 0.130 e. The fraction of sp³-hybridized carbons (Fsp3) is 0.111. The normalized spacial score (nSPS) is 9.23. The van der Waals surface area contributed by atoms with Crippen LogP contribution in [0.3, 0.4) is 0 Å². The highest BCUT2D eigenvalue weighted by Gasteiger charge is 2.02. The summed E-state index contributed by atoms with van der Waals surface area (Å²) in [6, 6.07) is 18.5. The minimum absolute atomic E-state index is 0.0719. The molecule has 0 aromatic heterocycles. The molecule has 0 unspecified atom stereocenters. The van der Waals surface area contributed by atoms with E-state index in [1.165, 1.54) is 6.08 Å². The molecule has 108 valence electrons. The van der Waals surface area contributed by atoms with Crippen molar-refractivity contribution in [2.75, 3.05) is 7.11 Å². The van der Waals surface area contributed by atoms with Crippen molar-refractivity contribution in [1.82, 2.24) is 0 Å². The standard InChI is InChI=1S/C18H14N2O2/c1-21-18-5-3-2-4-16(18)13-22-17-8-6-14(7-9-17)10-15(11-19)12-20/h2-10H,13H2,1H3. The number of methoxy groups -OCH3 is 1. The van der Waals surface area contributed by atoms with E-state index in [0.29, 0.717) is 12.4 Å². The second-order valence-corrected chi connectivity index (χ2v) is 4.45. The third-order valence-corrected chi connectivity index (χ3v) is 3.02. The summed E-state index contributed by atoms with van der Waals surface area (Å²) in [5, 5.41) is 17.4. The molecule has 4 nitrogen and oxygen atoms in total.